The van der Waals surface area contributed by atoms with Gasteiger partial charge in [-0.1, -0.05) is 26.0 Å². The number of carbonyl (C=O) groups is 1. The summed E-state index contributed by atoms with van der Waals surface area (Å²) in [6, 6.07) is 12.8. The molecule has 1 N–H and O–H groups in total. The van der Waals surface area contributed by atoms with Gasteiger partial charge in [0.05, 0.1) is 14.2 Å². The Bertz CT molecular complexity index is 728. The molecule has 0 unspecified atom stereocenters. The average molecular weight is 357 g/mol. The van der Waals surface area contributed by atoms with E-state index < -0.39 is 0 Å². The molecule has 2 aromatic carbocycles. The molecule has 0 saturated carbocycles. The van der Waals surface area contributed by atoms with Crippen molar-refractivity contribution >= 4 is 5.91 Å². The van der Waals surface area contributed by atoms with Gasteiger partial charge in [0.25, 0.3) is 5.91 Å². The molecule has 0 aromatic heterocycles. The largest absolute Gasteiger partial charge is 0.496 e. The molecule has 0 fully saturated rings. The third-order valence-electron chi connectivity index (χ3n) is 4.00. The van der Waals surface area contributed by atoms with Gasteiger partial charge >= 0.3 is 0 Å². The van der Waals surface area contributed by atoms with Crippen molar-refractivity contribution in [1.29, 1.82) is 0 Å². The van der Waals surface area contributed by atoms with E-state index in [0.29, 0.717) is 35.3 Å². The molecule has 0 aliphatic rings. The lowest BCUT2D eigenvalue weighted by molar-refractivity contribution is 0.0952. The van der Waals surface area contributed by atoms with Crippen LogP contribution in [0, 0.1) is 5.92 Å². The number of hydrogen-bond donors (Lipinski definition) is 1. The first-order valence-corrected chi connectivity index (χ1v) is 8.76. The normalized spacial score (nSPS) is 10.5. The summed E-state index contributed by atoms with van der Waals surface area (Å²) in [5.74, 6) is 2.44. The minimum Gasteiger partial charge on any atom is -0.496 e. The second-order valence-corrected chi connectivity index (χ2v) is 6.40. The predicted molar refractivity (Wildman–Crippen MR) is 102 cm³/mol. The molecule has 1 amide bonds. The number of carbonyl (C=O) groups excluding carboxylic acids is 1. The molecule has 5 nitrogen and oxygen atoms in total. The van der Waals surface area contributed by atoms with Gasteiger partial charge in [-0.15, -0.1) is 0 Å². The van der Waals surface area contributed by atoms with Gasteiger partial charge in [-0.25, -0.2) is 0 Å². The van der Waals surface area contributed by atoms with Gasteiger partial charge in [-0.2, -0.15) is 0 Å². The SMILES string of the molecule is COc1ccc(C(=O)NCCC(C)C)cc1COc1ccccc1OC. The number of rotatable bonds is 9. The maximum Gasteiger partial charge on any atom is 0.251 e. The fourth-order valence-corrected chi connectivity index (χ4v) is 2.50. The van der Waals surface area contributed by atoms with Crippen LogP contribution in [0.25, 0.3) is 0 Å². The highest BCUT2D eigenvalue weighted by atomic mass is 16.5. The van der Waals surface area contributed by atoms with E-state index in [9.17, 15) is 4.79 Å². The maximum absolute atomic E-state index is 12.3. The molecule has 0 aliphatic carbocycles. The van der Waals surface area contributed by atoms with E-state index in [1.807, 2.05) is 24.3 Å². The Morgan fingerprint density at radius 2 is 1.69 bits per heavy atom. The van der Waals surface area contributed by atoms with Crippen LogP contribution in [0.4, 0.5) is 0 Å². The Labute approximate surface area is 155 Å². The molecule has 5 heteroatoms. The van der Waals surface area contributed by atoms with Crippen LogP contribution in [0.1, 0.15) is 36.2 Å². The third-order valence-corrected chi connectivity index (χ3v) is 4.00. The van der Waals surface area contributed by atoms with E-state index in [1.54, 1.807) is 32.4 Å². The Hall–Kier alpha value is -2.69. The van der Waals surface area contributed by atoms with E-state index >= 15 is 0 Å². The summed E-state index contributed by atoms with van der Waals surface area (Å²) in [6.45, 7) is 5.20. The lowest BCUT2D eigenvalue weighted by Crippen LogP contribution is -2.25. The predicted octanol–water partition coefficient (Wildman–Crippen LogP) is 4.06. The summed E-state index contributed by atoms with van der Waals surface area (Å²) >= 11 is 0. The van der Waals surface area contributed by atoms with Crippen molar-refractivity contribution in [2.24, 2.45) is 5.92 Å². The quantitative estimate of drug-likeness (QED) is 0.735. The van der Waals surface area contributed by atoms with Gasteiger partial charge in [0.15, 0.2) is 11.5 Å². The van der Waals surface area contributed by atoms with Crippen molar-refractivity contribution in [3.63, 3.8) is 0 Å². The zero-order valence-electron chi connectivity index (χ0n) is 15.9. The zero-order chi connectivity index (χ0) is 18.9. The number of ether oxygens (including phenoxy) is 3. The summed E-state index contributed by atoms with van der Waals surface area (Å²) in [4.78, 5) is 12.3. The van der Waals surface area contributed by atoms with Crippen molar-refractivity contribution < 1.29 is 19.0 Å². The molecular formula is C21H27NO4. The number of nitrogens with one attached hydrogen (secondary N) is 1. The highest BCUT2D eigenvalue weighted by Crippen LogP contribution is 2.28. The van der Waals surface area contributed by atoms with E-state index in [2.05, 4.69) is 19.2 Å². The standard InChI is InChI=1S/C21H27NO4/c1-15(2)11-12-22-21(23)16-9-10-18(24-3)17(13-16)14-26-20-8-6-5-7-19(20)25-4/h5-10,13,15H,11-12,14H2,1-4H3,(H,22,23). The van der Waals surface area contributed by atoms with Crippen molar-refractivity contribution in [2.45, 2.75) is 26.9 Å². The van der Waals surface area contributed by atoms with Crippen LogP contribution in [0.15, 0.2) is 42.5 Å². The van der Waals surface area contributed by atoms with E-state index in [1.165, 1.54) is 0 Å². The van der Waals surface area contributed by atoms with Gasteiger partial charge < -0.3 is 19.5 Å². The Kier molecular flexibility index (Phi) is 7.33. The number of hydrogen-bond acceptors (Lipinski definition) is 4. The minimum atomic E-state index is -0.0909. The highest BCUT2D eigenvalue weighted by Gasteiger charge is 2.12. The van der Waals surface area contributed by atoms with Gasteiger partial charge in [-0.3, -0.25) is 4.79 Å². The van der Waals surface area contributed by atoms with Crippen molar-refractivity contribution in [3.8, 4) is 17.2 Å². The molecule has 2 rings (SSSR count). The van der Waals surface area contributed by atoms with Crippen LogP contribution in [-0.2, 0) is 6.61 Å². The molecule has 0 aliphatic heterocycles. The minimum absolute atomic E-state index is 0.0909. The van der Waals surface area contributed by atoms with Gasteiger partial charge in [-0.05, 0) is 42.7 Å². The zero-order valence-corrected chi connectivity index (χ0v) is 15.9. The summed E-state index contributed by atoms with van der Waals surface area (Å²) in [6.07, 6.45) is 0.950. The van der Waals surface area contributed by atoms with Crippen LogP contribution >= 0.6 is 0 Å². The fraction of sp³-hybridized carbons (Fsp3) is 0.381. The molecule has 0 atom stereocenters. The van der Waals surface area contributed by atoms with Crippen LogP contribution in [-0.4, -0.2) is 26.7 Å². The molecular weight excluding hydrogens is 330 g/mol. The number of amides is 1. The number of para-hydroxylation sites is 2. The van der Waals surface area contributed by atoms with Crippen molar-refractivity contribution in [1.82, 2.24) is 5.32 Å². The summed E-state index contributed by atoms with van der Waals surface area (Å²) in [5.41, 5.74) is 1.39. The monoisotopic (exact) mass is 357 g/mol. The molecule has 2 aromatic rings. The van der Waals surface area contributed by atoms with Crippen LogP contribution < -0.4 is 19.5 Å². The number of methoxy groups -OCH3 is 2. The molecule has 0 radical (unpaired) electrons. The summed E-state index contributed by atoms with van der Waals surface area (Å²) in [7, 11) is 3.20. The Morgan fingerprint density at radius 1 is 1.00 bits per heavy atom. The molecule has 26 heavy (non-hydrogen) atoms. The second kappa shape index (κ2) is 9.70. The van der Waals surface area contributed by atoms with E-state index in [0.717, 1.165) is 12.0 Å². The average Bonchev–Trinajstić information content (AvgIpc) is 2.65. The third kappa shape index (κ3) is 5.41. The van der Waals surface area contributed by atoms with E-state index in [-0.39, 0.29) is 12.5 Å². The molecule has 140 valence electrons. The molecule has 0 spiro atoms. The van der Waals surface area contributed by atoms with Gasteiger partial charge in [0.1, 0.15) is 12.4 Å². The van der Waals surface area contributed by atoms with Gasteiger partial charge in [0, 0.05) is 17.7 Å². The summed E-state index contributed by atoms with van der Waals surface area (Å²) < 4.78 is 16.6. The number of benzene rings is 2. The molecule has 0 heterocycles. The fourth-order valence-electron chi connectivity index (χ4n) is 2.50. The van der Waals surface area contributed by atoms with Crippen molar-refractivity contribution in [3.05, 3.63) is 53.6 Å². The maximum atomic E-state index is 12.3. The topological polar surface area (TPSA) is 56.8 Å². The van der Waals surface area contributed by atoms with Gasteiger partial charge in [0.2, 0.25) is 0 Å². The Morgan fingerprint density at radius 3 is 2.35 bits per heavy atom. The lowest BCUT2D eigenvalue weighted by atomic mass is 10.1. The Balaban J connectivity index is 2.10. The first-order valence-electron chi connectivity index (χ1n) is 8.76. The lowest BCUT2D eigenvalue weighted by Gasteiger charge is -2.14. The molecule has 0 saturated heterocycles. The second-order valence-electron chi connectivity index (χ2n) is 6.40. The van der Waals surface area contributed by atoms with Crippen LogP contribution in [0.5, 0.6) is 17.2 Å². The first-order chi connectivity index (χ1) is 12.5. The smallest absolute Gasteiger partial charge is 0.251 e. The van der Waals surface area contributed by atoms with Crippen molar-refractivity contribution in [2.75, 3.05) is 20.8 Å². The highest BCUT2D eigenvalue weighted by molar-refractivity contribution is 5.94. The van der Waals surface area contributed by atoms with Crippen LogP contribution in [0.2, 0.25) is 0 Å². The summed E-state index contributed by atoms with van der Waals surface area (Å²) in [5, 5.41) is 2.95. The molecule has 0 bridgehead atoms. The first kappa shape index (κ1) is 19.6. The van der Waals surface area contributed by atoms with E-state index in [4.69, 9.17) is 14.2 Å². The van der Waals surface area contributed by atoms with Crippen LogP contribution in [0.3, 0.4) is 0 Å².